The van der Waals surface area contributed by atoms with Gasteiger partial charge in [0.1, 0.15) is 11.0 Å². The van der Waals surface area contributed by atoms with Crippen LogP contribution in [0.25, 0.3) is 0 Å². The van der Waals surface area contributed by atoms with Crippen molar-refractivity contribution in [2.45, 2.75) is 13.5 Å². The Morgan fingerprint density at radius 3 is 2.73 bits per heavy atom. The van der Waals surface area contributed by atoms with Crippen LogP contribution in [-0.4, -0.2) is 9.97 Å². The third-order valence-corrected chi connectivity index (χ3v) is 1.53. The summed E-state index contributed by atoms with van der Waals surface area (Å²) in [7, 11) is 0. The lowest BCUT2D eigenvalue weighted by Crippen LogP contribution is -2.03. The maximum absolute atomic E-state index is 5.69. The van der Waals surface area contributed by atoms with E-state index in [2.05, 4.69) is 9.97 Å². The second-order valence-electron chi connectivity index (χ2n) is 1.96. The highest BCUT2D eigenvalue weighted by molar-refractivity contribution is 6.30. The van der Waals surface area contributed by atoms with Gasteiger partial charge in [0.15, 0.2) is 0 Å². The first-order valence-electron chi connectivity index (χ1n) is 2.92. The zero-order chi connectivity index (χ0) is 7.56. The van der Waals surface area contributed by atoms with Crippen molar-refractivity contribution in [1.29, 1.82) is 0 Å². The van der Waals surface area contributed by atoms with Crippen LogP contribution in [0.15, 0.2) is 6.20 Å². The second-order valence-corrected chi connectivity index (χ2v) is 2.32. The van der Waals surface area contributed by atoms with Crippen molar-refractivity contribution in [2.75, 3.05) is 0 Å². The van der Waals surface area contributed by atoms with E-state index >= 15 is 0 Å². The summed E-state index contributed by atoms with van der Waals surface area (Å²) in [5.41, 5.74) is 6.16. The highest BCUT2D eigenvalue weighted by Gasteiger charge is 1.97. The Kier molecular flexibility index (Phi) is 4.33. The molecular weight excluding hydrogens is 185 g/mol. The van der Waals surface area contributed by atoms with Gasteiger partial charge in [-0.1, -0.05) is 11.6 Å². The Hall–Kier alpha value is -0.380. The van der Waals surface area contributed by atoms with Crippen LogP contribution < -0.4 is 5.73 Å². The summed E-state index contributed by atoms with van der Waals surface area (Å²) in [6.45, 7) is 2.18. The molecule has 0 fully saturated rings. The van der Waals surface area contributed by atoms with E-state index in [1.807, 2.05) is 6.92 Å². The molecular formula is C6H9Cl2N3. The van der Waals surface area contributed by atoms with Crippen molar-refractivity contribution in [3.8, 4) is 0 Å². The fraction of sp³-hybridized carbons (Fsp3) is 0.333. The van der Waals surface area contributed by atoms with Crippen LogP contribution in [0.3, 0.4) is 0 Å². The van der Waals surface area contributed by atoms with Crippen molar-refractivity contribution in [2.24, 2.45) is 5.73 Å². The standard InChI is InChI=1S/C6H8ClN3.ClH/c1-4-3-9-5(2-8)10-6(4)7;/h3H,2,8H2,1H3;1H. The zero-order valence-corrected chi connectivity index (χ0v) is 7.61. The number of hydrogen-bond acceptors (Lipinski definition) is 3. The fourth-order valence-corrected chi connectivity index (χ4v) is 0.700. The van der Waals surface area contributed by atoms with Crippen LogP contribution in [0.4, 0.5) is 0 Å². The summed E-state index contributed by atoms with van der Waals surface area (Å²) < 4.78 is 0. The molecule has 3 nitrogen and oxygen atoms in total. The minimum atomic E-state index is 0. The average molecular weight is 194 g/mol. The van der Waals surface area contributed by atoms with E-state index in [0.717, 1.165) is 5.56 Å². The molecule has 1 rings (SSSR count). The Bertz CT molecular complexity index is 239. The predicted molar refractivity (Wildman–Crippen MR) is 46.9 cm³/mol. The summed E-state index contributed by atoms with van der Waals surface area (Å²) in [4.78, 5) is 7.86. The second kappa shape index (κ2) is 4.49. The molecule has 1 aromatic rings. The molecule has 62 valence electrons. The molecule has 0 saturated carbocycles. The molecule has 0 saturated heterocycles. The molecule has 1 heterocycles. The van der Waals surface area contributed by atoms with Gasteiger partial charge in [-0.25, -0.2) is 9.97 Å². The summed E-state index contributed by atoms with van der Waals surface area (Å²) >= 11 is 5.69. The molecule has 0 unspecified atom stereocenters. The number of rotatable bonds is 1. The van der Waals surface area contributed by atoms with Gasteiger partial charge in [0.2, 0.25) is 0 Å². The van der Waals surface area contributed by atoms with Crippen molar-refractivity contribution < 1.29 is 0 Å². The molecule has 0 bridgehead atoms. The monoisotopic (exact) mass is 193 g/mol. The molecule has 0 radical (unpaired) electrons. The first-order valence-corrected chi connectivity index (χ1v) is 3.30. The van der Waals surface area contributed by atoms with E-state index in [0.29, 0.717) is 17.5 Å². The average Bonchev–Trinajstić information content (AvgIpc) is 1.95. The molecule has 1 aromatic heterocycles. The van der Waals surface area contributed by atoms with Gasteiger partial charge in [-0.3, -0.25) is 0 Å². The van der Waals surface area contributed by atoms with Crippen molar-refractivity contribution in [3.05, 3.63) is 22.7 Å². The molecule has 0 aliphatic rings. The lowest BCUT2D eigenvalue weighted by molar-refractivity contribution is 0.901. The molecule has 5 heteroatoms. The number of aryl methyl sites for hydroxylation is 1. The highest BCUT2D eigenvalue weighted by atomic mass is 35.5. The van der Waals surface area contributed by atoms with Gasteiger partial charge in [0.25, 0.3) is 0 Å². The van der Waals surface area contributed by atoms with Gasteiger partial charge in [0, 0.05) is 11.8 Å². The summed E-state index contributed by atoms with van der Waals surface area (Å²) in [6, 6.07) is 0. The topological polar surface area (TPSA) is 51.8 Å². The van der Waals surface area contributed by atoms with Crippen LogP contribution in [0.5, 0.6) is 0 Å². The molecule has 0 aromatic carbocycles. The summed E-state index contributed by atoms with van der Waals surface area (Å²) in [6.07, 6.45) is 1.66. The number of nitrogens with zero attached hydrogens (tertiary/aromatic N) is 2. The maximum atomic E-state index is 5.69. The van der Waals surface area contributed by atoms with Gasteiger partial charge < -0.3 is 5.73 Å². The van der Waals surface area contributed by atoms with E-state index in [-0.39, 0.29) is 12.4 Å². The Balaban J connectivity index is 0.000001000. The normalized spacial score (nSPS) is 9.00. The van der Waals surface area contributed by atoms with Crippen LogP contribution >= 0.6 is 24.0 Å². The van der Waals surface area contributed by atoms with Crippen LogP contribution in [0.1, 0.15) is 11.4 Å². The molecule has 0 amide bonds. The molecule has 11 heavy (non-hydrogen) atoms. The van der Waals surface area contributed by atoms with E-state index in [1.165, 1.54) is 0 Å². The van der Waals surface area contributed by atoms with Crippen molar-refractivity contribution >= 4 is 24.0 Å². The Morgan fingerprint density at radius 2 is 2.27 bits per heavy atom. The van der Waals surface area contributed by atoms with Gasteiger partial charge in [0.05, 0.1) is 6.54 Å². The van der Waals surface area contributed by atoms with E-state index < -0.39 is 0 Å². The quantitative estimate of drug-likeness (QED) is 0.686. The van der Waals surface area contributed by atoms with Gasteiger partial charge >= 0.3 is 0 Å². The third kappa shape index (κ3) is 2.61. The van der Waals surface area contributed by atoms with Gasteiger partial charge in [-0.2, -0.15) is 0 Å². The SMILES string of the molecule is Cc1cnc(CN)nc1Cl.Cl. The van der Waals surface area contributed by atoms with Gasteiger partial charge in [-0.15, -0.1) is 12.4 Å². The third-order valence-electron chi connectivity index (χ3n) is 1.14. The Morgan fingerprint density at radius 1 is 1.64 bits per heavy atom. The molecule has 0 aliphatic heterocycles. The van der Waals surface area contributed by atoms with Crippen LogP contribution in [0, 0.1) is 6.92 Å². The van der Waals surface area contributed by atoms with E-state index in [1.54, 1.807) is 6.20 Å². The fourth-order valence-electron chi connectivity index (χ4n) is 0.553. The molecule has 0 aliphatic carbocycles. The predicted octanol–water partition coefficient (Wildman–Crippen LogP) is 1.32. The first kappa shape index (κ1) is 10.6. The smallest absolute Gasteiger partial charge is 0.143 e. The Labute approximate surface area is 76.4 Å². The van der Waals surface area contributed by atoms with Crippen LogP contribution in [0.2, 0.25) is 5.15 Å². The van der Waals surface area contributed by atoms with E-state index in [4.69, 9.17) is 17.3 Å². The maximum Gasteiger partial charge on any atom is 0.143 e. The van der Waals surface area contributed by atoms with Crippen molar-refractivity contribution in [3.63, 3.8) is 0 Å². The minimum absolute atomic E-state index is 0. The molecule has 0 spiro atoms. The summed E-state index contributed by atoms with van der Waals surface area (Å²) in [5.74, 6) is 0.579. The largest absolute Gasteiger partial charge is 0.324 e. The number of nitrogens with two attached hydrogens (primary N) is 1. The van der Waals surface area contributed by atoms with Gasteiger partial charge in [-0.05, 0) is 6.92 Å². The minimum Gasteiger partial charge on any atom is -0.324 e. The number of aromatic nitrogens is 2. The summed E-state index contributed by atoms with van der Waals surface area (Å²) in [5, 5.41) is 0.482. The van der Waals surface area contributed by atoms with Crippen molar-refractivity contribution in [1.82, 2.24) is 9.97 Å². The van der Waals surface area contributed by atoms with Crippen LogP contribution in [-0.2, 0) is 6.54 Å². The number of halogens is 2. The number of hydrogen-bond donors (Lipinski definition) is 1. The highest BCUT2D eigenvalue weighted by Crippen LogP contribution is 2.08. The zero-order valence-electron chi connectivity index (χ0n) is 6.04. The first-order chi connectivity index (χ1) is 4.74. The lowest BCUT2D eigenvalue weighted by Gasteiger charge is -1.97. The van der Waals surface area contributed by atoms with E-state index in [9.17, 15) is 0 Å². The molecule has 2 N–H and O–H groups in total. The lowest BCUT2D eigenvalue weighted by atomic mass is 10.4. The molecule has 0 atom stereocenters.